The first-order chi connectivity index (χ1) is 10.7. The fraction of sp³-hybridized carbons (Fsp3) is 0.353. The SMILES string of the molecule is COc1cc2c(cc1OC)CN(C(=O)Cc1ccc[nH]1)CC2. The molecule has 0 unspecified atom stereocenters. The van der Waals surface area contributed by atoms with Crippen molar-refractivity contribution in [1.29, 1.82) is 0 Å². The maximum absolute atomic E-state index is 12.4. The molecule has 2 aromatic rings. The van der Waals surface area contributed by atoms with Crippen LogP contribution in [0.4, 0.5) is 0 Å². The van der Waals surface area contributed by atoms with Crippen LogP contribution in [0.5, 0.6) is 11.5 Å². The van der Waals surface area contributed by atoms with Crippen LogP contribution in [0.25, 0.3) is 0 Å². The molecule has 1 aliphatic rings. The zero-order valence-corrected chi connectivity index (χ0v) is 12.9. The van der Waals surface area contributed by atoms with Gasteiger partial charge in [0.05, 0.1) is 20.6 Å². The molecule has 0 bridgehead atoms. The normalized spacial score (nSPS) is 13.6. The van der Waals surface area contributed by atoms with Gasteiger partial charge in [0.15, 0.2) is 11.5 Å². The average Bonchev–Trinajstić information content (AvgIpc) is 3.05. The van der Waals surface area contributed by atoms with E-state index in [-0.39, 0.29) is 5.91 Å². The molecule has 3 rings (SSSR count). The van der Waals surface area contributed by atoms with E-state index in [1.54, 1.807) is 14.2 Å². The van der Waals surface area contributed by atoms with Crippen molar-refractivity contribution >= 4 is 5.91 Å². The predicted octanol–water partition coefficient (Wildman–Crippen LogP) is 2.16. The molecule has 5 nitrogen and oxygen atoms in total. The molecule has 1 N–H and O–H groups in total. The number of hydrogen-bond donors (Lipinski definition) is 1. The third-order valence-corrected chi connectivity index (χ3v) is 4.07. The van der Waals surface area contributed by atoms with Gasteiger partial charge in [-0.15, -0.1) is 0 Å². The molecule has 0 saturated heterocycles. The Morgan fingerprint density at radius 3 is 2.59 bits per heavy atom. The second-order valence-corrected chi connectivity index (χ2v) is 5.41. The minimum absolute atomic E-state index is 0.142. The van der Waals surface area contributed by atoms with E-state index in [0.29, 0.717) is 18.7 Å². The van der Waals surface area contributed by atoms with Crippen LogP contribution in [0, 0.1) is 0 Å². The molecule has 116 valence electrons. The van der Waals surface area contributed by atoms with Gasteiger partial charge < -0.3 is 19.4 Å². The highest BCUT2D eigenvalue weighted by Crippen LogP contribution is 2.33. The van der Waals surface area contributed by atoms with Gasteiger partial charge >= 0.3 is 0 Å². The summed E-state index contributed by atoms with van der Waals surface area (Å²) in [5, 5.41) is 0. The Morgan fingerprint density at radius 2 is 1.95 bits per heavy atom. The number of nitrogens with zero attached hydrogens (tertiary/aromatic N) is 1. The first kappa shape index (κ1) is 14.5. The number of aromatic nitrogens is 1. The largest absolute Gasteiger partial charge is 0.493 e. The molecule has 0 aliphatic carbocycles. The number of hydrogen-bond acceptors (Lipinski definition) is 3. The zero-order chi connectivity index (χ0) is 15.5. The lowest BCUT2D eigenvalue weighted by Crippen LogP contribution is -2.37. The Morgan fingerprint density at radius 1 is 1.23 bits per heavy atom. The first-order valence-electron chi connectivity index (χ1n) is 7.35. The number of carbonyl (C=O) groups excluding carboxylic acids is 1. The monoisotopic (exact) mass is 300 g/mol. The third kappa shape index (κ3) is 2.79. The maximum atomic E-state index is 12.4. The van der Waals surface area contributed by atoms with Gasteiger partial charge in [0.2, 0.25) is 5.91 Å². The van der Waals surface area contributed by atoms with Crippen molar-refractivity contribution < 1.29 is 14.3 Å². The average molecular weight is 300 g/mol. The smallest absolute Gasteiger partial charge is 0.228 e. The molecule has 2 heterocycles. The van der Waals surface area contributed by atoms with E-state index in [0.717, 1.165) is 30.0 Å². The zero-order valence-electron chi connectivity index (χ0n) is 12.9. The van der Waals surface area contributed by atoms with Crippen molar-refractivity contribution in [2.45, 2.75) is 19.4 Å². The van der Waals surface area contributed by atoms with Gasteiger partial charge in [-0.3, -0.25) is 4.79 Å². The van der Waals surface area contributed by atoms with Crippen LogP contribution < -0.4 is 9.47 Å². The van der Waals surface area contributed by atoms with Crippen LogP contribution in [-0.2, 0) is 24.2 Å². The number of benzene rings is 1. The van der Waals surface area contributed by atoms with Crippen LogP contribution in [-0.4, -0.2) is 36.6 Å². The quantitative estimate of drug-likeness (QED) is 0.941. The summed E-state index contributed by atoms with van der Waals surface area (Å²) < 4.78 is 10.7. The van der Waals surface area contributed by atoms with E-state index >= 15 is 0 Å². The van der Waals surface area contributed by atoms with Crippen molar-refractivity contribution in [1.82, 2.24) is 9.88 Å². The summed E-state index contributed by atoms with van der Waals surface area (Å²) in [6.45, 7) is 1.36. The van der Waals surface area contributed by atoms with Gasteiger partial charge in [0, 0.05) is 25.0 Å². The molecule has 0 atom stereocenters. The van der Waals surface area contributed by atoms with Crippen molar-refractivity contribution in [3.8, 4) is 11.5 Å². The van der Waals surface area contributed by atoms with E-state index in [2.05, 4.69) is 4.98 Å². The lowest BCUT2D eigenvalue weighted by molar-refractivity contribution is -0.131. The Balaban J connectivity index is 1.76. The van der Waals surface area contributed by atoms with E-state index in [1.165, 1.54) is 5.56 Å². The third-order valence-electron chi connectivity index (χ3n) is 4.07. The Kier molecular flexibility index (Phi) is 4.04. The number of aromatic amines is 1. The molecular weight excluding hydrogens is 280 g/mol. The molecule has 22 heavy (non-hydrogen) atoms. The Labute approximate surface area is 129 Å². The highest BCUT2D eigenvalue weighted by atomic mass is 16.5. The predicted molar refractivity (Wildman–Crippen MR) is 83.2 cm³/mol. The minimum Gasteiger partial charge on any atom is -0.493 e. The lowest BCUT2D eigenvalue weighted by Gasteiger charge is -2.29. The molecule has 5 heteroatoms. The number of fused-ring (bicyclic) bond motifs is 1. The molecule has 1 aliphatic heterocycles. The van der Waals surface area contributed by atoms with E-state index in [4.69, 9.17) is 9.47 Å². The lowest BCUT2D eigenvalue weighted by atomic mass is 9.98. The minimum atomic E-state index is 0.142. The number of ether oxygens (including phenoxy) is 2. The van der Waals surface area contributed by atoms with Gasteiger partial charge in [-0.25, -0.2) is 0 Å². The number of rotatable bonds is 4. The summed E-state index contributed by atoms with van der Waals surface area (Å²) in [4.78, 5) is 17.4. The molecule has 0 radical (unpaired) electrons. The van der Waals surface area contributed by atoms with Crippen molar-refractivity contribution in [3.05, 3.63) is 47.3 Å². The number of nitrogens with one attached hydrogen (secondary N) is 1. The second-order valence-electron chi connectivity index (χ2n) is 5.41. The molecule has 1 aromatic carbocycles. The van der Waals surface area contributed by atoms with Crippen LogP contribution in [0.3, 0.4) is 0 Å². The number of amides is 1. The molecule has 0 saturated carbocycles. The second kappa shape index (κ2) is 6.13. The summed E-state index contributed by atoms with van der Waals surface area (Å²) >= 11 is 0. The van der Waals surface area contributed by atoms with E-state index in [1.807, 2.05) is 35.4 Å². The van der Waals surface area contributed by atoms with Gasteiger partial charge in [0.25, 0.3) is 0 Å². The van der Waals surface area contributed by atoms with E-state index < -0.39 is 0 Å². The van der Waals surface area contributed by atoms with Gasteiger partial charge in [-0.05, 0) is 41.8 Å². The van der Waals surface area contributed by atoms with Crippen molar-refractivity contribution in [3.63, 3.8) is 0 Å². The van der Waals surface area contributed by atoms with Gasteiger partial charge in [0.1, 0.15) is 0 Å². The number of methoxy groups -OCH3 is 2. The molecule has 1 amide bonds. The van der Waals surface area contributed by atoms with Crippen LogP contribution in [0.1, 0.15) is 16.8 Å². The van der Waals surface area contributed by atoms with Crippen molar-refractivity contribution in [2.24, 2.45) is 0 Å². The van der Waals surface area contributed by atoms with E-state index in [9.17, 15) is 4.79 Å². The van der Waals surface area contributed by atoms with Crippen LogP contribution >= 0.6 is 0 Å². The highest BCUT2D eigenvalue weighted by Gasteiger charge is 2.23. The highest BCUT2D eigenvalue weighted by molar-refractivity contribution is 5.78. The van der Waals surface area contributed by atoms with Crippen molar-refractivity contribution in [2.75, 3.05) is 20.8 Å². The maximum Gasteiger partial charge on any atom is 0.228 e. The molecule has 0 spiro atoms. The summed E-state index contributed by atoms with van der Waals surface area (Å²) in [7, 11) is 3.26. The molecule has 0 fully saturated rings. The van der Waals surface area contributed by atoms with Gasteiger partial charge in [-0.2, -0.15) is 0 Å². The summed E-state index contributed by atoms with van der Waals surface area (Å²) in [5.41, 5.74) is 3.30. The molecular formula is C17H20N2O3. The fourth-order valence-electron chi connectivity index (χ4n) is 2.85. The van der Waals surface area contributed by atoms with Gasteiger partial charge in [-0.1, -0.05) is 0 Å². The Bertz CT molecular complexity index is 665. The summed E-state index contributed by atoms with van der Waals surface area (Å²) in [6, 6.07) is 7.83. The fourth-order valence-corrected chi connectivity index (χ4v) is 2.85. The summed E-state index contributed by atoms with van der Waals surface area (Å²) in [5.74, 6) is 1.59. The Hall–Kier alpha value is -2.43. The summed E-state index contributed by atoms with van der Waals surface area (Å²) in [6.07, 6.45) is 3.09. The van der Waals surface area contributed by atoms with Crippen LogP contribution in [0.15, 0.2) is 30.5 Å². The molecule has 1 aromatic heterocycles. The topological polar surface area (TPSA) is 54.6 Å². The first-order valence-corrected chi connectivity index (χ1v) is 7.35. The van der Waals surface area contributed by atoms with Crippen LogP contribution in [0.2, 0.25) is 0 Å². The number of carbonyl (C=O) groups is 1. The standard InChI is InChI=1S/C17H20N2O3/c1-21-15-8-12-5-7-19(11-13(12)9-16(15)22-2)17(20)10-14-4-3-6-18-14/h3-4,6,8-9,18H,5,7,10-11H2,1-2H3. The number of H-pyrrole nitrogens is 1.